The van der Waals surface area contributed by atoms with Crippen molar-refractivity contribution in [3.8, 4) is 5.75 Å². The molecule has 1 aromatic rings. The number of carbonyl (C=O) groups is 1. The van der Waals surface area contributed by atoms with Crippen LogP contribution in [0.4, 0.5) is 0 Å². The fourth-order valence-electron chi connectivity index (χ4n) is 3.26. The minimum absolute atomic E-state index is 0.168. The van der Waals surface area contributed by atoms with Crippen LogP contribution in [0.15, 0.2) is 24.3 Å². The van der Waals surface area contributed by atoms with Crippen molar-refractivity contribution in [2.45, 2.75) is 51.4 Å². The number of carbonyl (C=O) groups excluding carboxylic acids is 1. The van der Waals surface area contributed by atoms with Gasteiger partial charge in [-0.2, -0.15) is 0 Å². The predicted molar refractivity (Wildman–Crippen MR) is 83.1 cm³/mol. The van der Waals surface area contributed by atoms with Crippen molar-refractivity contribution < 1.29 is 9.53 Å². The lowest BCUT2D eigenvalue weighted by molar-refractivity contribution is -0.103. The number of methoxy groups -OCH3 is 1. The molecule has 1 saturated carbocycles. The first-order valence-electron chi connectivity index (χ1n) is 7.45. The van der Waals surface area contributed by atoms with E-state index in [1.165, 1.54) is 37.7 Å². The molecule has 0 amide bonds. The van der Waals surface area contributed by atoms with Crippen LogP contribution in [0.3, 0.4) is 0 Å². The average Bonchev–Trinajstić information content (AvgIpc) is 2.49. The first-order chi connectivity index (χ1) is 9.64. The smallest absolute Gasteiger partial charge is 0.150 e. The van der Waals surface area contributed by atoms with Gasteiger partial charge in [0.15, 0.2) is 0 Å². The van der Waals surface area contributed by atoms with E-state index in [2.05, 4.69) is 13.0 Å². The molecule has 0 radical (unpaired) electrons. The summed E-state index contributed by atoms with van der Waals surface area (Å²) in [6.45, 7) is 4.22. The van der Waals surface area contributed by atoms with E-state index in [4.69, 9.17) is 4.74 Å². The normalized spacial score (nSPS) is 18.6. The molecule has 0 atom stereocenters. The zero-order chi connectivity index (χ0) is 14.6. The summed E-state index contributed by atoms with van der Waals surface area (Å²) in [5.41, 5.74) is 3.15. The molecule has 0 unspecified atom stereocenters. The van der Waals surface area contributed by atoms with Crippen molar-refractivity contribution in [3.63, 3.8) is 0 Å². The highest BCUT2D eigenvalue weighted by Gasteiger charge is 2.31. The van der Waals surface area contributed by atoms with Crippen LogP contribution < -0.4 is 4.74 Å². The monoisotopic (exact) mass is 272 g/mol. The molecule has 0 aliphatic heterocycles. The summed E-state index contributed by atoms with van der Waals surface area (Å²) < 4.78 is 5.56. The van der Waals surface area contributed by atoms with Crippen LogP contribution >= 0.6 is 0 Å². The lowest BCUT2D eigenvalue weighted by atomic mass is 9.70. The third-order valence-corrected chi connectivity index (χ3v) is 4.58. The molecular weight excluding hydrogens is 248 g/mol. The summed E-state index contributed by atoms with van der Waals surface area (Å²) in [7, 11) is 1.72. The van der Waals surface area contributed by atoms with Crippen LogP contribution in [-0.4, -0.2) is 13.4 Å². The lowest BCUT2D eigenvalue weighted by Gasteiger charge is -2.35. The van der Waals surface area contributed by atoms with E-state index in [1.54, 1.807) is 7.11 Å². The molecule has 0 bridgehead atoms. The van der Waals surface area contributed by atoms with Crippen molar-refractivity contribution in [1.29, 1.82) is 0 Å². The fraction of sp³-hybridized carbons (Fsp3) is 0.500. The second-order valence-corrected chi connectivity index (χ2v) is 5.90. The van der Waals surface area contributed by atoms with Crippen LogP contribution in [0.25, 0.3) is 5.57 Å². The Morgan fingerprint density at radius 2 is 1.95 bits per heavy atom. The molecule has 0 spiro atoms. The SMILES string of the molecule is CC=C(C=O)c1ccc(OC)c(C2(C)CCCCC2)c1. The summed E-state index contributed by atoms with van der Waals surface area (Å²) in [4.78, 5) is 11.2. The molecule has 1 fully saturated rings. The highest BCUT2D eigenvalue weighted by molar-refractivity contribution is 6.06. The van der Waals surface area contributed by atoms with Crippen molar-refractivity contribution in [2.75, 3.05) is 7.11 Å². The molecule has 0 N–H and O–H groups in total. The summed E-state index contributed by atoms with van der Waals surface area (Å²) >= 11 is 0. The summed E-state index contributed by atoms with van der Waals surface area (Å²) in [5, 5.41) is 0. The minimum Gasteiger partial charge on any atom is -0.496 e. The van der Waals surface area contributed by atoms with Gasteiger partial charge in [-0.3, -0.25) is 4.79 Å². The van der Waals surface area contributed by atoms with Gasteiger partial charge in [-0.15, -0.1) is 0 Å². The van der Waals surface area contributed by atoms with Gasteiger partial charge in [0.1, 0.15) is 12.0 Å². The van der Waals surface area contributed by atoms with Gasteiger partial charge in [-0.25, -0.2) is 0 Å². The maximum atomic E-state index is 11.2. The Labute approximate surface area is 121 Å². The van der Waals surface area contributed by atoms with Gasteiger partial charge in [0.2, 0.25) is 0 Å². The largest absolute Gasteiger partial charge is 0.496 e. The van der Waals surface area contributed by atoms with Crippen molar-refractivity contribution in [3.05, 3.63) is 35.4 Å². The molecule has 2 rings (SSSR count). The molecule has 1 aliphatic carbocycles. The van der Waals surface area contributed by atoms with Crippen LogP contribution in [0, 0.1) is 0 Å². The van der Waals surface area contributed by atoms with Crippen LogP contribution in [0.2, 0.25) is 0 Å². The Bertz CT molecular complexity index is 508. The molecule has 2 nitrogen and oxygen atoms in total. The van der Waals surface area contributed by atoms with Crippen molar-refractivity contribution in [2.24, 2.45) is 0 Å². The van der Waals surface area contributed by atoms with E-state index in [0.717, 1.165) is 23.2 Å². The van der Waals surface area contributed by atoms with Crippen molar-refractivity contribution in [1.82, 2.24) is 0 Å². The Balaban J connectivity index is 2.49. The molecule has 0 heterocycles. The summed E-state index contributed by atoms with van der Waals surface area (Å²) in [6.07, 6.45) is 9.04. The average molecular weight is 272 g/mol. The Kier molecular flexibility index (Phi) is 4.64. The number of rotatable bonds is 4. The van der Waals surface area contributed by atoms with Gasteiger partial charge >= 0.3 is 0 Å². The number of aldehydes is 1. The standard InChI is InChI=1S/C18H24O2/c1-4-14(13-19)15-8-9-17(20-3)16(12-15)18(2)10-6-5-7-11-18/h4,8-9,12-13H,5-7,10-11H2,1-3H3. The first kappa shape index (κ1) is 14.8. The molecular formula is C18H24O2. The van der Waals surface area contributed by atoms with Crippen LogP contribution in [0.5, 0.6) is 5.75 Å². The lowest BCUT2D eigenvalue weighted by Crippen LogP contribution is -2.25. The minimum atomic E-state index is 0.168. The molecule has 20 heavy (non-hydrogen) atoms. The predicted octanol–water partition coefficient (Wildman–Crippen LogP) is 4.52. The van der Waals surface area contributed by atoms with Crippen LogP contribution in [-0.2, 0) is 10.2 Å². The molecule has 2 heteroatoms. The van der Waals surface area contributed by atoms with E-state index in [1.807, 2.05) is 25.1 Å². The van der Waals surface area contributed by atoms with E-state index in [9.17, 15) is 4.79 Å². The van der Waals surface area contributed by atoms with Gasteiger partial charge in [0.05, 0.1) is 7.11 Å². The first-order valence-corrected chi connectivity index (χ1v) is 7.45. The number of allylic oxidation sites excluding steroid dienone is 2. The highest BCUT2D eigenvalue weighted by Crippen LogP contribution is 2.43. The third-order valence-electron chi connectivity index (χ3n) is 4.58. The Morgan fingerprint density at radius 1 is 1.25 bits per heavy atom. The van der Waals surface area contributed by atoms with Gasteiger partial charge in [0, 0.05) is 11.1 Å². The quantitative estimate of drug-likeness (QED) is 0.595. The number of hydrogen-bond acceptors (Lipinski definition) is 2. The fourth-order valence-corrected chi connectivity index (χ4v) is 3.26. The number of hydrogen-bond donors (Lipinski definition) is 0. The van der Waals surface area contributed by atoms with Crippen molar-refractivity contribution >= 4 is 11.9 Å². The van der Waals surface area contributed by atoms with E-state index < -0.39 is 0 Å². The number of benzene rings is 1. The van der Waals surface area contributed by atoms with Gasteiger partial charge in [-0.1, -0.05) is 38.3 Å². The topological polar surface area (TPSA) is 26.3 Å². The highest BCUT2D eigenvalue weighted by atomic mass is 16.5. The molecule has 1 aliphatic rings. The van der Waals surface area contributed by atoms with Gasteiger partial charge < -0.3 is 4.74 Å². The molecule has 108 valence electrons. The second kappa shape index (κ2) is 6.25. The van der Waals surface area contributed by atoms with E-state index >= 15 is 0 Å². The van der Waals surface area contributed by atoms with E-state index in [-0.39, 0.29) is 5.41 Å². The Hall–Kier alpha value is -1.57. The molecule has 1 aromatic carbocycles. The second-order valence-electron chi connectivity index (χ2n) is 5.90. The number of ether oxygens (including phenoxy) is 1. The summed E-state index contributed by atoms with van der Waals surface area (Å²) in [5.74, 6) is 0.944. The molecule has 0 saturated heterocycles. The maximum Gasteiger partial charge on any atom is 0.150 e. The third kappa shape index (κ3) is 2.79. The summed E-state index contributed by atoms with van der Waals surface area (Å²) in [6, 6.07) is 6.11. The van der Waals surface area contributed by atoms with Crippen LogP contribution in [0.1, 0.15) is 57.1 Å². The van der Waals surface area contributed by atoms with Gasteiger partial charge in [-0.05, 0) is 42.9 Å². The Morgan fingerprint density at radius 3 is 2.50 bits per heavy atom. The zero-order valence-electron chi connectivity index (χ0n) is 12.7. The maximum absolute atomic E-state index is 11.2. The van der Waals surface area contributed by atoms with E-state index in [0.29, 0.717) is 0 Å². The zero-order valence-corrected chi connectivity index (χ0v) is 12.7. The molecule has 0 aromatic heterocycles. The van der Waals surface area contributed by atoms with Gasteiger partial charge in [0.25, 0.3) is 0 Å².